The number of nitrogens with one attached hydrogen (secondary N) is 2. The first-order chi connectivity index (χ1) is 13.0. The summed E-state index contributed by atoms with van der Waals surface area (Å²) in [5, 5.41) is 15.0. The van der Waals surface area contributed by atoms with E-state index < -0.39 is 12.0 Å². The minimum atomic E-state index is -1.01. The lowest BCUT2D eigenvalue weighted by atomic mass is 9.84. The zero-order valence-electron chi connectivity index (χ0n) is 16.3. The molecule has 2 aliphatic rings. The van der Waals surface area contributed by atoms with Crippen LogP contribution >= 0.6 is 0 Å². The molecule has 3 N–H and O–H groups in total. The topological polar surface area (TPSA) is 95.5 Å². The maximum atomic E-state index is 12.4. The van der Waals surface area contributed by atoms with E-state index >= 15 is 0 Å². The van der Waals surface area contributed by atoms with Crippen LogP contribution in [-0.2, 0) is 14.4 Å². The Morgan fingerprint density at radius 3 is 2.30 bits per heavy atom. The van der Waals surface area contributed by atoms with Crippen LogP contribution in [0, 0.1) is 11.8 Å². The number of carbonyl (C=O) groups is 3. The monoisotopic (exact) mass is 378 g/mol. The molecule has 1 atom stereocenters. The molecule has 2 rings (SSSR count). The second-order valence-electron chi connectivity index (χ2n) is 8.09. The van der Waals surface area contributed by atoms with Crippen molar-refractivity contribution in [3.05, 3.63) is 12.7 Å². The van der Waals surface area contributed by atoms with E-state index in [1.807, 2.05) is 0 Å². The Morgan fingerprint density at radius 2 is 1.70 bits per heavy atom. The van der Waals surface area contributed by atoms with Crippen LogP contribution in [0.25, 0.3) is 0 Å². The van der Waals surface area contributed by atoms with Crippen molar-refractivity contribution in [2.75, 3.05) is 0 Å². The molecule has 27 heavy (non-hydrogen) atoms. The van der Waals surface area contributed by atoms with Crippen LogP contribution in [0.5, 0.6) is 0 Å². The van der Waals surface area contributed by atoms with Gasteiger partial charge in [-0.25, -0.2) is 4.79 Å². The number of rotatable bonds is 9. The van der Waals surface area contributed by atoms with Gasteiger partial charge in [0.05, 0.1) is 0 Å². The van der Waals surface area contributed by atoms with Crippen LogP contribution in [-0.4, -0.2) is 35.0 Å². The summed E-state index contributed by atoms with van der Waals surface area (Å²) in [6, 6.07) is -0.718. The molecular weight excluding hydrogens is 344 g/mol. The highest BCUT2D eigenvalue weighted by Gasteiger charge is 2.30. The molecule has 0 aliphatic heterocycles. The fourth-order valence-electron chi connectivity index (χ4n) is 4.27. The smallest absolute Gasteiger partial charge is 0.326 e. The molecule has 0 radical (unpaired) electrons. The Bertz CT molecular complexity index is 520. The molecule has 2 saturated carbocycles. The van der Waals surface area contributed by atoms with Crippen LogP contribution in [0.1, 0.15) is 77.0 Å². The summed E-state index contributed by atoms with van der Waals surface area (Å²) >= 11 is 0. The normalized spacial score (nSPS) is 24.6. The second-order valence-corrected chi connectivity index (χ2v) is 8.09. The number of carbonyl (C=O) groups excluding carboxylic acids is 2. The quantitative estimate of drug-likeness (QED) is 0.537. The molecule has 6 nitrogen and oxygen atoms in total. The first-order valence-corrected chi connectivity index (χ1v) is 10.4. The van der Waals surface area contributed by atoms with Gasteiger partial charge in [-0.15, -0.1) is 6.58 Å². The van der Waals surface area contributed by atoms with Crippen LogP contribution in [0.2, 0.25) is 0 Å². The molecule has 2 aliphatic carbocycles. The van der Waals surface area contributed by atoms with Gasteiger partial charge in [-0.3, -0.25) is 9.59 Å². The van der Waals surface area contributed by atoms with E-state index in [4.69, 9.17) is 0 Å². The maximum absolute atomic E-state index is 12.4. The molecule has 0 aromatic rings. The molecule has 0 saturated heterocycles. The minimum absolute atomic E-state index is 0.140. The van der Waals surface area contributed by atoms with E-state index in [1.54, 1.807) is 6.08 Å². The van der Waals surface area contributed by atoms with Gasteiger partial charge in [-0.1, -0.05) is 25.3 Å². The summed E-state index contributed by atoms with van der Waals surface area (Å²) in [6.07, 6.45) is 12.2. The molecule has 6 heteroatoms. The number of carboxylic acid groups (broad SMARTS) is 1. The molecular formula is C21H34N2O4. The molecule has 152 valence electrons. The lowest BCUT2D eigenvalue weighted by Crippen LogP contribution is -2.46. The van der Waals surface area contributed by atoms with Crippen LogP contribution < -0.4 is 10.6 Å². The zero-order chi connectivity index (χ0) is 19.6. The summed E-state index contributed by atoms with van der Waals surface area (Å²) in [7, 11) is 0. The van der Waals surface area contributed by atoms with E-state index in [-0.39, 0.29) is 23.8 Å². The zero-order valence-corrected chi connectivity index (χ0v) is 16.3. The van der Waals surface area contributed by atoms with E-state index in [2.05, 4.69) is 17.2 Å². The van der Waals surface area contributed by atoms with E-state index in [9.17, 15) is 19.5 Å². The van der Waals surface area contributed by atoms with Gasteiger partial charge >= 0.3 is 5.97 Å². The number of aliphatic carboxylic acids is 1. The summed E-state index contributed by atoms with van der Waals surface area (Å²) in [5.74, 6) is -0.677. The number of amides is 2. The summed E-state index contributed by atoms with van der Waals surface area (Å²) in [4.78, 5) is 35.9. The van der Waals surface area contributed by atoms with E-state index in [1.165, 1.54) is 19.3 Å². The Kier molecular flexibility index (Phi) is 8.82. The minimum Gasteiger partial charge on any atom is -0.480 e. The third-order valence-electron chi connectivity index (χ3n) is 5.94. The van der Waals surface area contributed by atoms with Gasteiger partial charge in [-0.2, -0.15) is 0 Å². The van der Waals surface area contributed by atoms with E-state index in [0.29, 0.717) is 38.0 Å². The van der Waals surface area contributed by atoms with Crippen molar-refractivity contribution >= 4 is 17.8 Å². The van der Waals surface area contributed by atoms with Gasteiger partial charge in [-0.05, 0) is 57.3 Å². The predicted molar refractivity (Wildman–Crippen MR) is 104 cm³/mol. The fourth-order valence-corrected chi connectivity index (χ4v) is 4.27. The van der Waals surface area contributed by atoms with Gasteiger partial charge in [0.1, 0.15) is 6.04 Å². The number of allylic oxidation sites excluding steroid dienone is 1. The summed E-state index contributed by atoms with van der Waals surface area (Å²) in [5.41, 5.74) is 0. The summed E-state index contributed by atoms with van der Waals surface area (Å²) < 4.78 is 0. The molecule has 2 fully saturated rings. The number of hydrogen-bond donors (Lipinski definition) is 3. The summed E-state index contributed by atoms with van der Waals surface area (Å²) in [6.45, 7) is 3.59. The Morgan fingerprint density at radius 1 is 1.04 bits per heavy atom. The van der Waals surface area contributed by atoms with Gasteiger partial charge in [0, 0.05) is 18.4 Å². The van der Waals surface area contributed by atoms with Crippen molar-refractivity contribution in [2.24, 2.45) is 11.8 Å². The molecule has 0 aromatic carbocycles. The first-order valence-electron chi connectivity index (χ1n) is 10.4. The Labute approximate surface area is 162 Å². The highest BCUT2D eigenvalue weighted by Crippen LogP contribution is 2.28. The van der Waals surface area contributed by atoms with Crippen molar-refractivity contribution in [1.29, 1.82) is 0 Å². The lowest BCUT2D eigenvalue weighted by molar-refractivity contribution is -0.143. The molecule has 0 aromatic heterocycles. The highest BCUT2D eigenvalue weighted by molar-refractivity contribution is 5.85. The standard InChI is InChI=1S/C21H34N2O4/c1-2-3-9-18(21(26)27)23-20(25)16-10-12-17(13-11-16)22-19(24)14-15-7-5-4-6-8-15/h2,15-18H,1,3-14H2,(H,22,24)(H,23,25)(H,26,27). The number of carboxylic acids is 1. The SMILES string of the molecule is C=CCCC(NC(=O)C1CCC(NC(=O)CC2CCCCC2)CC1)C(=O)O. The van der Waals surface area contributed by atoms with Crippen LogP contribution in [0.4, 0.5) is 0 Å². The number of hydrogen-bond acceptors (Lipinski definition) is 3. The molecule has 0 spiro atoms. The molecule has 1 unspecified atom stereocenters. The predicted octanol–water partition coefficient (Wildman–Crippen LogP) is 3.17. The van der Waals surface area contributed by atoms with Gasteiger partial charge < -0.3 is 15.7 Å². The Hall–Kier alpha value is -1.85. The van der Waals surface area contributed by atoms with Crippen molar-refractivity contribution in [2.45, 2.75) is 89.1 Å². The van der Waals surface area contributed by atoms with Gasteiger partial charge in [0.2, 0.25) is 11.8 Å². The fraction of sp³-hybridized carbons (Fsp3) is 0.762. The molecule has 2 amide bonds. The van der Waals surface area contributed by atoms with Crippen molar-refractivity contribution in [1.82, 2.24) is 10.6 Å². The van der Waals surface area contributed by atoms with Crippen LogP contribution in [0.3, 0.4) is 0 Å². The van der Waals surface area contributed by atoms with Crippen molar-refractivity contribution in [3.63, 3.8) is 0 Å². The largest absolute Gasteiger partial charge is 0.480 e. The molecule has 0 bridgehead atoms. The van der Waals surface area contributed by atoms with Crippen molar-refractivity contribution in [3.8, 4) is 0 Å². The van der Waals surface area contributed by atoms with Gasteiger partial charge in [0.15, 0.2) is 0 Å². The first kappa shape index (κ1) is 21.5. The van der Waals surface area contributed by atoms with Crippen LogP contribution in [0.15, 0.2) is 12.7 Å². The van der Waals surface area contributed by atoms with E-state index in [0.717, 1.165) is 25.7 Å². The highest BCUT2D eigenvalue weighted by atomic mass is 16.4. The maximum Gasteiger partial charge on any atom is 0.326 e. The lowest BCUT2D eigenvalue weighted by Gasteiger charge is -2.30. The average Bonchev–Trinajstić information content (AvgIpc) is 2.66. The second kappa shape index (κ2) is 11.1. The average molecular weight is 379 g/mol. The third kappa shape index (κ3) is 7.35. The third-order valence-corrected chi connectivity index (χ3v) is 5.94. The van der Waals surface area contributed by atoms with Crippen molar-refractivity contribution < 1.29 is 19.5 Å². The van der Waals surface area contributed by atoms with Gasteiger partial charge in [0.25, 0.3) is 0 Å². The Balaban J connectivity index is 1.70. The molecule has 0 heterocycles.